The van der Waals surface area contributed by atoms with Crippen molar-refractivity contribution in [2.75, 3.05) is 12.4 Å². The molecule has 0 spiro atoms. The summed E-state index contributed by atoms with van der Waals surface area (Å²) in [6.07, 6.45) is -1.31. The van der Waals surface area contributed by atoms with Gasteiger partial charge in [-0.1, -0.05) is 11.3 Å². The van der Waals surface area contributed by atoms with E-state index in [9.17, 15) is 9.18 Å². The molecule has 0 aromatic carbocycles. The number of nitrogens with one attached hydrogen (secondary N) is 1. The van der Waals surface area contributed by atoms with E-state index in [1.54, 1.807) is 0 Å². The Morgan fingerprint density at radius 1 is 1.79 bits per heavy atom. The maximum atomic E-state index is 13.0. The largest absolute Gasteiger partial charge is 0.465 e. The highest BCUT2D eigenvalue weighted by Gasteiger charge is 2.14. The van der Waals surface area contributed by atoms with Crippen LogP contribution in [0.2, 0.25) is 0 Å². The monoisotopic (exact) mass is 218 g/mol. The zero-order valence-corrected chi connectivity index (χ0v) is 7.93. The van der Waals surface area contributed by atoms with Gasteiger partial charge in [0.15, 0.2) is 5.13 Å². The Morgan fingerprint density at radius 2 is 2.43 bits per heavy atom. The minimum Gasteiger partial charge on any atom is -0.465 e. The van der Waals surface area contributed by atoms with E-state index in [2.05, 4.69) is 9.98 Å². The third kappa shape index (κ3) is 2.16. The van der Waals surface area contributed by atoms with Crippen LogP contribution in [0, 0.1) is 5.95 Å². The number of nitrogens with zero attached hydrogens (tertiary/aromatic N) is 2. The smallest absolute Gasteiger partial charge is 0.410 e. The summed E-state index contributed by atoms with van der Waals surface area (Å²) in [6.45, 7) is 0. The lowest BCUT2D eigenvalue weighted by atomic mass is 10.5. The Kier molecular flexibility index (Phi) is 2.97. The summed E-state index contributed by atoms with van der Waals surface area (Å²) < 4.78 is 13.0. The summed E-state index contributed by atoms with van der Waals surface area (Å²) in [7, 11) is 1.40. The van der Waals surface area contributed by atoms with Gasteiger partial charge in [-0.2, -0.15) is 9.37 Å². The van der Waals surface area contributed by atoms with Crippen LogP contribution in [0.15, 0.2) is 4.99 Å². The number of thiazole rings is 1. The van der Waals surface area contributed by atoms with Crippen LogP contribution in [-0.4, -0.2) is 29.1 Å². The van der Waals surface area contributed by atoms with Gasteiger partial charge in [-0.3, -0.25) is 10.3 Å². The van der Waals surface area contributed by atoms with E-state index in [0.29, 0.717) is 0 Å². The summed E-state index contributed by atoms with van der Waals surface area (Å²) in [6, 6.07) is 0. The normalized spacial score (nSPS) is 11.4. The number of anilines is 1. The lowest BCUT2D eigenvalue weighted by Crippen LogP contribution is -2.12. The molecule has 0 atom stereocenters. The molecule has 1 aromatic heterocycles. The highest BCUT2D eigenvalue weighted by atomic mass is 32.1. The van der Waals surface area contributed by atoms with Gasteiger partial charge in [0.05, 0.1) is 0 Å². The Hall–Kier alpha value is -1.70. The first-order valence-electron chi connectivity index (χ1n) is 3.43. The minimum absolute atomic E-state index is 0.0153. The van der Waals surface area contributed by atoms with E-state index in [1.165, 1.54) is 7.05 Å². The fourth-order valence-corrected chi connectivity index (χ4v) is 1.49. The number of aromatic nitrogens is 1. The van der Waals surface area contributed by atoms with E-state index < -0.39 is 12.0 Å². The van der Waals surface area contributed by atoms with E-state index in [1.807, 2.05) is 5.32 Å². The number of halogens is 1. The van der Waals surface area contributed by atoms with Gasteiger partial charge in [-0.05, 0) is 0 Å². The Labute approximate surface area is 82.3 Å². The molecule has 0 aliphatic rings. The lowest BCUT2D eigenvalue weighted by Gasteiger charge is -1.91. The molecule has 14 heavy (non-hydrogen) atoms. The Bertz CT molecular complexity index is 389. The van der Waals surface area contributed by atoms with Crippen molar-refractivity contribution < 1.29 is 14.3 Å². The molecule has 1 heterocycles. The molecule has 6 nitrogen and oxygen atoms in total. The summed E-state index contributed by atoms with van der Waals surface area (Å²) in [5.41, 5.74) is 5.34. The molecule has 1 aromatic rings. The molecule has 1 rings (SSSR count). The second-order valence-electron chi connectivity index (χ2n) is 2.18. The van der Waals surface area contributed by atoms with Crippen molar-refractivity contribution >= 4 is 28.4 Å². The van der Waals surface area contributed by atoms with Crippen molar-refractivity contribution in [1.82, 2.24) is 4.98 Å². The molecule has 0 radical (unpaired) electrons. The average Bonchev–Trinajstić information content (AvgIpc) is 2.44. The minimum atomic E-state index is -1.31. The number of rotatable bonds is 2. The summed E-state index contributed by atoms with van der Waals surface area (Å²) in [5, 5.41) is 10.2. The van der Waals surface area contributed by atoms with Gasteiger partial charge in [0.25, 0.3) is 0 Å². The molecule has 0 bridgehead atoms. The molecule has 8 heteroatoms. The zero-order valence-electron chi connectivity index (χ0n) is 7.11. The van der Waals surface area contributed by atoms with E-state index in [0.717, 1.165) is 11.3 Å². The van der Waals surface area contributed by atoms with Gasteiger partial charge >= 0.3 is 6.09 Å². The van der Waals surface area contributed by atoms with Crippen LogP contribution in [0.4, 0.5) is 14.3 Å². The summed E-state index contributed by atoms with van der Waals surface area (Å²) in [4.78, 5) is 17.1. The average molecular weight is 218 g/mol. The zero-order chi connectivity index (χ0) is 10.7. The molecule has 0 aliphatic heterocycles. The van der Waals surface area contributed by atoms with Crippen molar-refractivity contribution in [2.24, 2.45) is 10.7 Å². The third-order valence-corrected chi connectivity index (χ3v) is 2.24. The second kappa shape index (κ2) is 4.01. The van der Waals surface area contributed by atoms with Gasteiger partial charge in [-0.25, -0.2) is 4.79 Å². The molecular formula is C6H7FN4O2S. The van der Waals surface area contributed by atoms with Crippen molar-refractivity contribution in [2.45, 2.75) is 0 Å². The first-order chi connectivity index (χ1) is 6.54. The predicted molar refractivity (Wildman–Crippen MR) is 50.4 cm³/mol. The number of amides is 1. The van der Waals surface area contributed by atoms with Gasteiger partial charge < -0.3 is 10.8 Å². The highest BCUT2D eigenvalue weighted by Crippen LogP contribution is 2.21. The van der Waals surface area contributed by atoms with Crippen LogP contribution in [-0.2, 0) is 0 Å². The van der Waals surface area contributed by atoms with Gasteiger partial charge in [-0.15, -0.1) is 0 Å². The van der Waals surface area contributed by atoms with Crippen LogP contribution in [0.5, 0.6) is 0 Å². The fraction of sp³-hybridized carbons (Fsp3) is 0.167. The van der Waals surface area contributed by atoms with Crippen molar-refractivity contribution in [3.05, 3.63) is 10.8 Å². The number of amidine groups is 1. The molecule has 76 valence electrons. The Morgan fingerprint density at radius 3 is 2.93 bits per heavy atom. The number of hydrogen-bond donors (Lipinski definition) is 3. The van der Waals surface area contributed by atoms with Crippen LogP contribution >= 0.6 is 11.3 Å². The third-order valence-electron chi connectivity index (χ3n) is 1.27. The SMILES string of the molecule is CN=C(N)c1sc(NC(=O)O)nc1F. The standard InChI is InChI=1S/C6H7FN4O2S/c1-9-4(8)2-3(7)10-5(14-2)11-6(12)13/h1H3,(H2,8,9)(H,10,11)(H,12,13). The number of nitrogens with two attached hydrogens (primary N) is 1. The maximum absolute atomic E-state index is 13.0. The number of carboxylic acid groups (broad SMARTS) is 1. The molecule has 1 amide bonds. The number of aliphatic imine (C=N–C) groups is 1. The molecule has 0 fully saturated rings. The lowest BCUT2D eigenvalue weighted by molar-refractivity contribution is 0.209. The number of hydrogen-bond acceptors (Lipinski definition) is 4. The maximum Gasteiger partial charge on any atom is 0.410 e. The summed E-state index contributed by atoms with van der Waals surface area (Å²) >= 11 is 0.787. The van der Waals surface area contributed by atoms with E-state index >= 15 is 0 Å². The molecule has 4 N–H and O–H groups in total. The topological polar surface area (TPSA) is 101 Å². The highest BCUT2D eigenvalue weighted by molar-refractivity contribution is 7.17. The van der Waals surface area contributed by atoms with E-state index in [-0.39, 0.29) is 15.8 Å². The first-order valence-corrected chi connectivity index (χ1v) is 4.25. The van der Waals surface area contributed by atoms with Crippen molar-refractivity contribution in [3.8, 4) is 0 Å². The fourth-order valence-electron chi connectivity index (χ4n) is 0.706. The molecule has 0 saturated heterocycles. The van der Waals surface area contributed by atoms with E-state index in [4.69, 9.17) is 10.8 Å². The summed E-state index contributed by atoms with van der Waals surface area (Å²) in [5.74, 6) is -0.847. The van der Waals surface area contributed by atoms with Crippen LogP contribution in [0.25, 0.3) is 0 Å². The molecule has 0 saturated carbocycles. The number of carbonyl (C=O) groups is 1. The van der Waals surface area contributed by atoms with Gasteiger partial charge in [0.1, 0.15) is 10.7 Å². The van der Waals surface area contributed by atoms with Crippen LogP contribution < -0.4 is 11.1 Å². The Balaban J connectivity index is 2.99. The predicted octanol–water partition coefficient (Wildman–Crippen LogP) is 0.707. The second-order valence-corrected chi connectivity index (χ2v) is 3.18. The van der Waals surface area contributed by atoms with Gasteiger partial charge in [0, 0.05) is 7.05 Å². The van der Waals surface area contributed by atoms with Crippen molar-refractivity contribution in [3.63, 3.8) is 0 Å². The quantitative estimate of drug-likeness (QED) is 0.502. The molecule has 0 aliphatic carbocycles. The van der Waals surface area contributed by atoms with Crippen LogP contribution in [0.1, 0.15) is 4.88 Å². The first kappa shape index (κ1) is 10.4. The van der Waals surface area contributed by atoms with Gasteiger partial charge in [0.2, 0.25) is 5.95 Å². The van der Waals surface area contributed by atoms with Crippen molar-refractivity contribution in [1.29, 1.82) is 0 Å². The molecular weight excluding hydrogens is 211 g/mol. The van der Waals surface area contributed by atoms with Crippen LogP contribution in [0.3, 0.4) is 0 Å². The molecule has 0 unspecified atom stereocenters.